The van der Waals surface area contributed by atoms with Crippen molar-refractivity contribution in [2.75, 3.05) is 0 Å². The smallest absolute Gasteiger partial charge is 0.258 e. The quantitative estimate of drug-likeness (QED) is 0.469. The Labute approximate surface area is 138 Å². The van der Waals surface area contributed by atoms with Crippen LogP contribution < -0.4 is 0 Å². The monoisotopic (exact) mass is 350 g/mol. The second kappa shape index (κ2) is 6.04. The van der Waals surface area contributed by atoms with Gasteiger partial charge in [0.15, 0.2) is 0 Å². The molecule has 0 amide bonds. The highest BCUT2D eigenvalue weighted by Gasteiger charge is 2.30. The van der Waals surface area contributed by atoms with Crippen LogP contribution in [-0.4, -0.2) is 9.91 Å². The van der Waals surface area contributed by atoms with Gasteiger partial charge < -0.3 is 0 Å². The molecule has 0 atom stereocenters. The number of rotatable bonds is 3. The average molecular weight is 350 g/mol. The number of nitro groups is 1. The molecule has 0 unspecified atom stereocenters. The average Bonchev–Trinajstić information content (AvgIpc) is 3.04. The summed E-state index contributed by atoms with van der Waals surface area (Å²) in [5.74, 6) is 0. The standard InChI is InChI=1S/C16H9F3N2O2S/c17-16(18,19)12-5-1-11(2-6-12)15-20-14(9-24-15)10-3-7-13(8-4-10)21(22)23/h1-9H. The number of alkyl halides is 3. The maximum atomic E-state index is 12.6. The molecule has 24 heavy (non-hydrogen) atoms. The number of hydrogen-bond acceptors (Lipinski definition) is 4. The topological polar surface area (TPSA) is 56.0 Å². The molecular weight excluding hydrogens is 341 g/mol. The van der Waals surface area contributed by atoms with E-state index >= 15 is 0 Å². The molecule has 0 aliphatic carbocycles. The zero-order chi connectivity index (χ0) is 17.3. The first-order valence-corrected chi connectivity index (χ1v) is 7.60. The Morgan fingerprint density at radius 2 is 1.54 bits per heavy atom. The third-order valence-electron chi connectivity index (χ3n) is 3.34. The molecule has 0 saturated heterocycles. The molecule has 3 rings (SSSR count). The molecule has 0 radical (unpaired) electrons. The number of non-ortho nitro benzene ring substituents is 1. The summed E-state index contributed by atoms with van der Waals surface area (Å²) in [7, 11) is 0. The van der Waals surface area contributed by atoms with Crippen LogP contribution in [0.1, 0.15) is 5.56 Å². The summed E-state index contributed by atoms with van der Waals surface area (Å²) >= 11 is 1.30. The highest BCUT2D eigenvalue weighted by Crippen LogP contribution is 2.33. The first kappa shape index (κ1) is 16.1. The Kier molecular flexibility index (Phi) is 4.06. The molecule has 8 heteroatoms. The summed E-state index contributed by atoms with van der Waals surface area (Å²) in [5, 5.41) is 13.0. The van der Waals surface area contributed by atoms with Crippen LogP contribution in [0.3, 0.4) is 0 Å². The van der Waals surface area contributed by atoms with Crippen LogP contribution in [0, 0.1) is 10.1 Å². The summed E-state index contributed by atoms with van der Waals surface area (Å²) in [6.45, 7) is 0. The van der Waals surface area contributed by atoms with Crippen LogP contribution in [0.4, 0.5) is 18.9 Å². The summed E-state index contributed by atoms with van der Waals surface area (Å²) < 4.78 is 37.7. The summed E-state index contributed by atoms with van der Waals surface area (Å²) in [5.41, 5.74) is 1.18. The minimum atomic E-state index is -4.37. The van der Waals surface area contributed by atoms with Crippen molar-refractivity contribution >= 4 is 17.0 Å². The van der Waals surface area contributed by atoms with Gasteiger partial charge in [0, 0.05) is 28.6 Å². The molecule has 122 valence electrons. The van der Waals surface area contributed by atoms with Crippen molar-refractivity contribution in [3.05, 3.63) is 69.6 Å². The number of halogens is 3. The minimum Gasteiger partial charge on any atom is -0.258 e. The van der Waals surface area contributed by atoms with E-state index in [-0.39, 0.29) is 5.69 Å². The van der Waals surface area contributed by atoms with Crippen LogP contribution >= 0.6 is 11.3 Å². The molecule has 0 N–H and O–H groups in total. The maximum absolute atomic E-state index is 12.6. The molecule has 0 fully saturated rings. The van der Waals surface area contributed by atoms with Crippen LogP contribution in [-0.2, 0) is 6.18 Å². The number of nitrogens with zero attached hydrogens (tertiary/aromatic N) is 2. The van der Waals surface area contributed by atoms with E-state index in [1.807, 2.05) is 0 Å². The minimum absolute atomic E-state index is 0.0167. The van der Waals surface area contributed by atoms with Gasteiger partial charge in [-0.1, -0.05) is 12.1 Å². The van der Waals surface area contributed by atoms with E-state index in [9.17, 15) is 23.3 Å². The fourth-order valence-electron chi connectivity index (χ4n) is 2.09. The molecule has 1 heterocycles. The van der Waals surface area contributed by atoms with Crippen LogP contribution in [0.5, 0.6) is 0 Å². The lowest BCUT2D eigenvalue weighted by molar-refractivity contribution is -0.384. The Bertz CT molecular complexity index is 872. The predicted molar refractivity (Wildman–Crippen MR) is 84.6 cm³/mol. The summed E-state index contributed by atoms with van der Waals surface area (Å²) in [6, 6.07) is 10.7. The van der Waals surface area contributed by atoms with Crippen molar-refractivity contribution in [1.29, 1.82) is 0 Å². The zero-order valence-corrected chi connectivity index (χ0v) is 12.8. The first-order valence-electron chi connectivity index (χ1n) is 6.72. The van der Waals surface area contributed by atoms with E-state index in [0.717, 1.165) is 12.1 Å². The maximum Gasteiger partial charge on any atom is 0.416 e. The lowest BCUT2D eigenvalue weighted by Gasteiger charge is -2.06. The highest BCUT2D eigenvalue weighted by atomic mass is 32.1. The number of benzene rings is 2. The van der Waals surface area contributed by atoms with E-state index in [2.05, 4.69) is 4.98 Å². The molecule has 2 aromatic carbocycles. The van der Waals surface area contributed by atoms with Gasteiger partial charge in [0.1, 0.15) is 5.01 Å². The number of nitro benzene ring substituents is 1. The lowest BCUT2D eigenvalue weighted by Crippen LogP contribution is -2.03. The molecule has 1 aromatic heterocycles. The predicted octanol–water partition coefficient (Wildman–Crippen LogP) is 5.40. The van der Waals surface area contributed by atoms with E-state index in [4.69, 9.17) is 0 Å². The highest BCUT2D eigenvalue weighted by molar-refractivity contribution is 7.13. The van der Waals surface area contributed by atoms with Gasteiger partial charge in [0.25, 0.3) is 5.69 Å². The zero-order valence-electron chi connectivity index (χ0n) is 11.9. The fourth-order valence-corrected chi connectivity index (χ4v) is 2.93. The van der Waals surface area contributed by atoms with Crippen LogP contribution in [0.2, 0.25) is 0 Å². The van der Waals surface area contributed by atoms with Crippen molar-refractivity contribution in [3.63, 3.8) is 0 Å². The second-order valence-corrected chi connectivity index (χ2v) is 5.78. The van der Waals surface area contributed by atoms with Crippen molar-refractivity contribution < 1.29 is 18.1 Å². The molecular formula is C16H9F3N2O2S. The van der Waals surface area contributed by atoms with Gasteiger partial charge in [0.2, 0.25) is 0 Å². The normalized spacial score (nSPS) is 11.5. The fraction of sp³-hybridized carbons (Fsp3) is 0.0625. The number of thiazole rings is 1. The van der Waals surface area contributed by atoms with Crippen molar-refractivity contribution in [2.24, 2.45) is 0 Å². The SMILES string of the molecule is O=[N+]([O-])c1ccc(-c2csc(-c3ccc(C(F)(F)F)cc3)n2)cc1. The van der Waals surface area contributed by atoms with Gasteiger partial charge in [-0.25, -0.2) is 4.98 Å². The van der Waals surface area contributed by atoms with Gasteiger partial charge in [-0.15, -0.1) is 11.3 Å². The van der Waals surface area contributed by atoms with Crippen molar-refractivity contribution in [1.82, 2.24) is 4.98 Å². The number of aromatic nitrogens is 1. The molecule has 0 saturated carbocycles. The molecule has 3 aromatic rings. The van der Waals surface area contributed by atoms with Gasteiger partial charge in [-0.2, -0.15) is 13.2 Å². The number of hydrogen-bond donors (Lipinski definition) is 0. The molecule has 0 bridgehead atoms. The van der Waals surface area contributed by atoms with E-state index in [0.29, 0.717) is 21.8 Å². The molecule has 0 aliphatic heterocycles. The van der Waals surface area contributed by atoms with E-state index < -0.39 is 16.7 Å². The summed E-state index contributed by atoms with van der Waals surface area (Å²) in [6.07, 6.45) is -4.37. The van der Waals surface area contributed by atoms with Gasteiger partial charge >= 0.3 is 6.18 Å². The Hall–Kier alpha value is -2.74. The third-order valence-corrected chi connectivity index (χ3v) is 4.23. The molecule has 0 aliphatic rings. The Morgan fingerprint density at radius 1 is 0.958 bits per heavy atom. The Morgan fingerprint density at radius 3 is 2.08 bits per heavy atom. The summed E-state index contributed by atoms with van der Waals surface area (Å²) in [4.78, 5) is 14.5. The van der Waals surface area contributed by atoms with E-state index in [1.165, 1.54) is 35.6 Å². The largest absolute Gasteiger partial charge is 0.416 e. The van der Waals surface area contributed by atoms with Crippen molar-refractivity contribution in [2.45, 2.75) is 6.18 Å². The van der Waals surface area contributed by atoms with E-state index in [1.54, 1.807) is 17.5 Å². The van der Waals surface area contributed by atoms with Gasteiger partial charge in [0.05, 0.1) is 16.2 Å². The van der Waals surface area contributed by atoms with Crippen LogP contribution in [0.25, 0.3) is 21.8 Å². The van der Waals surface area contributed by atoms with Gasteiger partial charge in [-0.3, -0.25) is 10.1 Å². The molecule has 0 spiro atoms. The van der Waals surface area contributed by atoms with Crippen LogP contribution in [0.15, 0.2) is 53.9 Å². The second-order valence-electron chi connectivity index (χ2n) is 4.92. The lowest BCUT2D eigenvalue weighted by atomic mass is 10.1. The van der Waals surface area contributed by atoms with Crippen molar-refractivity contribution in [3.8, 4) is 21.8 Å². The third kappa shape index (κ3) is 3.28. The Balaban J connectivity index is 1.86. The van der Waals surface area contributed by atoms with Gasteiger partial charge in [-0.05, 0) is 24.3 Å². The first-order chi connectivity index (χ1) is 11.3. The molecule has 4 nitrogen and oxygen atoms in total.